The first-order chi connectivity index (χ1) is 12.6. The maximum Gasteiger partial charge on any atom is 0.319 e. The third-order valence-electron chi connectivity index (χ3n) is 5.26. The largest absolute Gasteiger partial charge is 0.339 e. The van der Waals surface area contributed by atoms with E-state index in [4.69, 9.17) is 11.6 Å². The van der Waals surface area contributed by atoms with Crippen molar-refractivity contribution in [2.75, 3.05) is 12.4 Å². The highest BCUT2D eigenvalue weighted by Gasteiger charge is 2.36. The number of fused-ring (bicyclic) bond motifs is 2. The number of anilines is 1. The van der Waals surface area contributed by atoms with Gasteiger partial charge in [-0.15, -0.1) is 0 Å². The zero-order valence-electron chi connectivity index (χ0n) is 16.4. The summed E-state index contributed by atoms with van der Waals surface area (Å²) in [7, 11) is 1.85. The molecule has 2 aliphatic heterocycles. The quantitative estimate of drug-likeness (QED) is 0.735. The Morgan fingerprint density at radius 2 is 1.81 bits per heavy atom. The number of benzene rings is 1. The summed E-state index contributed by atoms with van der Waals surface area (Å²) in [6.07, 6.45) is 4.32. The first-order valence-corrected chi connectivity index (χ1v) is 9.92. The van der Waals surface area contributed by atoms with Crippen molar-refractivity contribution in [3.05, 3.63) is 28.8 Å². The Morgan fingerprint density at radius 1 is 1.19 bits per heavy atom. The van der Waals surface area contributed by atoms with Crippen molar-refractivity contribution >= 4 is 29.2 Å². The lowest BCUT2D eigenvalue weighted by Gasteiger charge is -2.35. The average Bonchev–Trinajstić information content (AvgIpc) is 2.91. The molecule has 3 N–H and O–H groups in total. The third kappa shape index (κ3) is 4.93. The Balaban J connectivity index is 1.71. The van der Waals surface area contributed by atoms with Crippen molar-refractivity contribution in [1.82, 2.24) is 15.5 Å². The summed E-state index contributed by atoms with van der Waals surface area (Å²) in [6, 6.07) is 5.92. The molecular formula is C20H29ClN4O2. The van der Waals surface area contributed by atoms with Crippen LogP contribution in [0.25, 0.3) is 0 Å². The van der Waals surface area contributed by atoms with Gasteiger partial charge in [-0.2, -0.15) is 0 Å². The zero-order chi connectivity index (χ0) is 19.8. The van der Waals surface area contributed by atoms with Crippen LogP contribution < -0.4 is 16.0 Å². The van der Waals surface area contributed by atoms with Crippen molar-refractivity contribution in [2.24, 2.45) is 0 Å². The van der Waals surface area contributed by atoms with Gasteiger partial charge in [0, 0.05) is 36.4 Å². The molecule has 7 heteroatoms. The summed E-state index contributed by atoms with van der Waals surface area (Å²) in [4.78, 5) is 27.0. The standard InChI is InChI=1S/C20H29ClN4O2/c1-20(2,3)24-19(27)23-14-7-8-17(21)16(11-14)18(26)25(4)15-9-12-5-6-13(10-15)22-12/h7-8,11-13,15,22H,5-6,9-10H2,1-4H3,(H2,23,24,27). The fourth-order valence-electron chi connectivity index (χ4n) is 3.97. The molecule has 2 heterocycles. The molecule has 3 rings (SSSR count). The Hall–Kier alpha value is -1.79. The molecule has 2 saturated heterocycles. The van der Waals surface area contributed by atoms with Crippen molar-refractivity contribution < 1.29 is 9.59 Å². The molecule has 3 amide bonds. The number of nitrogens with one attached hydrogen (secondary N) is 3. The molecule has 0 radical (unpaired) electrons. The van der Waals surface area contributed by atoms with Gasteiger partial charge in [-0.1, -0.05) is 11.6 Å². The number of piperidine rings is 1. The van der Waals surface area contributed by atoms with Crippen LogP contribution in [0.15, 0.2) is 18.2 Å². The number of halogens is 1. The highest BCUT2D eigenvalue weighted by atomic mass is 35.5. The minimum Gasteiger partial charge on any atom is -0.339 e. The lowest BCUT2D eigenvalue weighted by molar-refractivity contribution is 0.0682. The van der Waals surface area contributed by atoms with Gasteiger partial charge in [0.1, 0.15) is 0 Å². The van der Waals surface area contributed by atoms with Crippen molar-refractivity contribution in [2.45, 2.75) is 70.1 Å². The summed E-state index contributed by atoms with van der Waals surface area (Å²) in [6.45, 7) is 5.72. The van der Waals surface area contributed by atoms with Gasteiger partial charge in [0.15, 0.2) is 0 Å². The number of hydrogen-bond donors (Lipinski definition) is 3. The van der Waals surface area contributed by atoms with E-state index in [2.05, 4.69) is 16.0 Å². The normalized spacial score (nSPS) is 24.4. The lowest BCUT2D eigenvalue weighted by atomic mass is 9.98. The van der Waals surface area contributed by atoms with E-state index in [1.165, 1.54) is 12.8 Å². The molecule has 27 heavy (non-hydrogen) atoms. The van der Waals surface area contributed by atoms with Crippen LogP contribution in [0, 0.1) is 0 Å². The molecule has 2 atom stereocenters. The van der Waals surface area contributed by atoms with Crippen LogP contribution in [0.3, 0.4) is 0 Å². The van der Waals surface area contributed by atoms with Crippen molar-refractivity contribution in [3.8, 4) is 0 Å². The topological polar surface area (TPSA) is 73.5 Å². The van der Waals surface area contributed by atoms with E-state index in [9.17, 15) is 9.59 Å². The number of rotatable bonds is 3. The number of urea groups is 1. The molecule has 2 unspecified atom stereocenters. The molecule has 2 aliphatic rings. The number of nitrogens with zero attached hydrogens (tertiary/aromatic N) is 1. The van der Waals surface area contributed by atoms with Gasteiger partial charge in [0.2, 0.25) is 0 Å². The van der Waals surface area contributed by atoms with E-state index in [-0.39, 0.29) is 23.5 Å². The molecule has 2 bridgehead atoms. The van der Waals surface area contributed by atoms with Gasteiger partial charge < -0.3 is 20.9 Å². The Bertz CT molecular complexity index is 719. The summed E-state index contributed by atoms with van der Waals surface area (Å²) in [5, 5.41) is 9.60. The van der Waals surface area contributed by atoms with Crippen LogP contribution in [-0.4, -0.2) is 47.6 Å². The first kappa shape index (κ1) is 20.0. The molecule has 0 aliphatic carbocycles. The molecular weight excluding hydrogens is 364 g/mol. The van der Waals surface area contributed by atoms with E-state index in [0.717, 1.165) is 12.8 Å². The Morgan fingerprint density at radius 3 is 2.41 bits per heavy atom. The SMILES string of the molecule is CN(C(=O)c1cc(NC(=O)NC(C)(C)C)ccc1Cl)C1CC2CCC(C1)N2. The minimum atomic E-state index is -0.344. The monoisotopic (exact) mass is 392 g/mol. The second kappa shape index (κ2) is 7.68. The molecule has 1 aromatic rings. The molecule has 1 aromatic carbocycles. The lowest BCUT2D eigenvalue weighted by Crippen LogP contribution is -2.48. The predicted octanol–water partition coefficient (Wildman–Crippen LogP) is 3.62. The molecule has 0 spiro atoms. The van der Waals surface area contributed by atoms with E-state index in [0.29, 0.717) is 28.4 Å². The fourth-order valence-corrected chi connectivity index (χ4v) is 4.17. The minimum absolute atomic E-state index is 0.105. The third-order valence-corrected chi connectivity index (χ3v) is 5.59. The predicted molar refractivity (Wildman–Crippen MR) is 108 cm³/mol. The Kier molecular flexibility index (Phi) is 5.68. The molecule has 2 fully saturated rings. The summed E-state index contributed by atoms with van der Waals surface area (Å²) >= 11 is 6.30. The number of hydrogen-bond acceptors (Lipinski definition) is 3. The highest BCUT2D eigenvalue weighted by Crippen LogP contribution is 2.31. The maximum absolute atomic E-state index is 13.1. The second-order valence-electron chi connectivity index (χ2n) is 8.70. The van der Waals surface area contributed by atoms with Crippen LogP contribution in [0.1, 0.15) is 56.8 Å². The van der Waals surface area contributed by atoms with Crippen LogP contribution in [-0.2, 0) is 0 Å². The summed E-state index contributed by atoms with van der Waals surface area (Å²) in [5.41, 5.74) is 0.617. The molecule has 6 nitrogen and oxygen atoms in total. The van der Waals surface area contributed by atoms with Gasteiger partial charge in [-0.3, -0.25) is 4.79 Å². The zero-order valence-corrected chi connectivity index (χ0v) is 17.2. The van der Waals surface area contributed by atoms with E-state index in [1.54, 1.807) is 18.2 Å². The number of carbonyl (C=O) groups excluding carboxylic acids is 2. The van der Waals surface area contributed by atoms with Gasteiger partial charge in [0.25, 0.3) is 5.91 Å². The van der Waals surface area contributed by atoms with Gasteiger partial charge in [0.05, 0.1) is 10.6 Å². The second-order valence-corrected chi connectivity index (χ2v) is 9.11. The maximum atomic E-state index is 13.1. The number of amides is 3. The first-order valence-electron chi connectivity index (χ1n) is 9.54. The van der Waals surface area contributed by atoms with E-state index in [1.807, 2.05) is 32.7 Å². The van der Waals surface area contributed by atoms with Gasteiger partial charge in [-0.25, -0.2) is 4.79 Å². The van der Waals surface area contributed by atoms with Gasteiger partial charge >= 0.3 is 6.03 Å². The average molecular weight is 393 g/mol. The van der Waals surface area contributed by atoms with Crippen LogP contribution >= 0.6 is 11.6 Å². The molecule has 148 valence electrons. The van der Waals surface area contributed by atoms with Crippen LogP contribution in [0.4, 0.5) is 10.5 Å². The fraction of sp³-hybridized carbons (Fsp3) is 0.600. The molecule has 0 saturated carbocycles. The summed E-state index contributed by atoms with van der Waals surface area (Å²) in [5.74, 6) is -0.105. The number of carbonyl (C=O) groups is 2. The van der Waals surface area contributed by atoms with Crippen LogP contribution in [0.2, 0.25) is 5.02 Å². The molecule has 0 aromatic heterocycles. The highest BCUT2D eigenvalue weighted by molar-refractivity contribution is 6.34. The summed E-state index contributed by atoms with van der Waals surface area (Å²) < 4.78 is 0. The van der Waals surface area contributed by atoms with Crippen molar-refractivity contribution in [3.63, 3.8) is 0 Å². The van der Waals surface area contributed by atoms with Crippen LogP contribution in [0.5, 0.6) is 0 Å². The van der Waals surface area contributed by atoms with E-state index < -0.39 is 0 Å². The van der Waals surface area contributed by atoms with Crippen molar-refractivity contribution in [1.29, 1.82) is 0 Å². The Labute approximate surface area is 166 Å². The smallest absolute Gasteiger partial charge is 0.319 e. The van der Waals surface area contributed by atoms with E-state index >= 15 is 0 Å². The van der Waals surface area contributed by atoms with Gasteiger partial charge in [-0.05, 0) is 64.7 Å².